The first-order valence-electron chi connectivity index (χ1n) is 6.03. The standard InChI is InChI=1S/C12H25N/c1-3-11(4-2)12(13)9-10-7-5-6-8-10/h10-12H,3-9,13H2,1-2H3. The molecule has 1 nitrogen and oxygen atoms in total. The van der Waals surface area contributed by atoms with E-state index >= 15 is 0 Å². The average Bonchev–Trinajstić information content (AvgIpc) is 2.59. The van der Waals surface area contributed by atoms with Crippen molar-refractivity contribution in [3.05, 3.63) is 0 Å². The zero-order valence-corrected chi connectivity index (χ0v) is 9.26. The SMILES string of the molecule is CCC(CC)C(N)CC1CCCC1. The molecule has 1 aliphatic rings. The molecule has 1 saturated carbocycles. The maximum atomic E-state index is 6.22. The fourth-order valence-electron chi connectivity index (χ4n) is 2.72. The van der Waals surface area contributed by atoms with Crippen LogP contribution < -0.4 is 5.73 Å². The van der Waals surface area contributed by atoms with E-state index in [9.17, 15) is 0 Å². The fraction of sp³-hybridized carbons (Fsp3) is 1.00. The molecule has 0 radical (unpaired) electrons. The van der Waals surface area contributed by atoms with Gasteiger partial charge in [0.2, 0.25) is 0 Å². The van der Waals surface area contributed by atoms with Gasteiger partial charge in [0.25, 0.3) is 0 Å². The van der Waals surface area contributed by atoms with E-state index in [-0.39, 0.29) is 0 Å². The monoisotopic (exact) mass is 183 g/mol. The number of nitrogens with two attached hydrogens (primary N) is 1. The van der Waals surface area contributed by atoms with Gasteiger partial charge in [-0.1, -0.05) is 52.4 Å². The summed E-state index contributed by atoms with van der Waals surface area (Å²) in [6.07, 6.45) is 9.56. The molecule has 0 aromatic carbocycles. The van der Waals surface area contributed by atoms with Crippen LogP contribution in [0.4, 0.5) is 0 Å². The van der Waals surface area contributed by atoms with Crippen LogP contribution >= 0.6 is 0 Å². The summed E-state index contributed by atoms with van der Waals surface area (Å²) in [5.41, 5.74) is 6.22. The first kappa shape index (κ1) is 11.0. The molecule has 13 heavy (non-hydrogen) atoms. The highest BCUT2D eigenvalue weighted by molar-refractivity contribution is 4.77. The highest BCUT2D eigenvalue weighted by Gasteiger charge is 2.21. The molecule has 0 aromatic rings. The largest absolute Gasteiger partial charge is 0.327 e. The second kappa shape index (κ2) is 5.64. The van der Waals surface area contributed by atoms with E-state index in [0.29, 0.717) is 6.04 Å². The predicted octanol–water partition coefficient (Wildman–Crippen LogP) is 3.33. The van der Waals surface area contributed by atoms with Gasteiger partial charge in [-0.25, -0.2) is 0 Å². The van der Waals surface area contributed by atoms with E-state index in [1.807, 2.05) is 0 Å². The Balaban J connectivity index is 2.25. The Morgan fingerprint density at radius 2 is 1.69 bits per heavy atom. The zero-order valence-electron chi connectivity index (χ0n) is 9.26. The van der Waals surface area contributed by atoms with Crippen molar-refractivity contribution < 1.29 is 0 Å². The van der Waals surface area contributed by atoms with Crippen molar-refractivity contribution in [1.82, 2.24) is 0 Å². The highest BCUT2D eigenvalue weighted by Crippen LogP contribution is 2.30. The van der Waals surface area contributed by atoms with E-state index < -0.39 is 0 Å². The third kappa shape index (κ3) is 3.30. The molecular weight excluding hydrogens is 158 g/mol. The molecule has 78 valence electrons. The summed E-state index contributed by atoms with van der Waals surface area (Å²) in [6, 6.07) is 0.470. The van der Waals surface area contributed by atoms with Gasteiger partial charge < -0.3 is 5.73 Å². The zero-order chi connectivity index (χ0) is 9.68. The smallest absolute Gasteiger partial charge is 0.00695 e. The molecule has 1 unspecified atom stereocenters. The fourth-order valence-corrected chi connectivity index (χ4v) is 2.72. The Kier molecular flexibility index (Phi) is 4.79. The minimum Gasteiger partial charge on any atom is -0.327 e. The molecular formula is C12H25N. The van der Waals surface area contributed by atoms with Gasteiger partial charge in [0.05, 0.1) is 0 Å². The van der Waals surface area contributed by atoms with Crippen LogP contribution in [-0.2, 0) is 0 Å². The van der Waals surface area contributed by atoms with E-state index in [1.165, 1.54) is 44.9 Å². The Bertz CT molecular complexity index is 123. The normalized spacial score (nSPS) is 21.2. The quantitative estimate of drug-likeness (QED) is 0.695. The van der Waals surface area contributed by atoms with Crippen LogP contribution in [-0.4, -0.2) is 6.04 Å². The van der Waals surface area contributed by atoms with Gasteiger partial charge in [0.15, 0.2) is 0 Å². The van der Waals surface area contributed by atoms with E-state index in [2.05, 4.69) is 13.8 Å². The van der Waals surface area contributed by atoms with Gasteiger partial charge in [-0.05, 0) is 18.3 Å². The molecule has 1 rings (SSSR count). The van der Waals surface area contributed by atoms with Crippen LogP contribution in [0.5, 0.6) is 0 Å². The molecule has 0 aromatic heterocycles. The topological polar surface area (TPSA) is 26.0 Å². The predicted molar refractivity (Wildman–Crippen MR) is 58.6 cm³/mol. The summed E-state index contributed by atoms with van der Waals surface area (Å²) in [6.45, 7) is 4.53. The van der Waals surface area contributed by atoms with E-state index in [0.717, 1.165) is 11.8 Å². The lowest BCUT2D eigenvalue weighted by atomic mass is 9.87. The average molecular weight is 183 g/mol. The Morgan fingerprint density at radius 1 is 1.15 bits per heavy atom. The molecule has 0 bridgehead atoms. The summed E-state index contributed by atoms with van der Waals surface area (Å²) >= 11 is 0. The minimum atomic E-state index is 0.470. The second-order valence-electron chi connectivity index (χ2n) is 4.63. The first-order chi connectivity index (χ1) is 6.27. The van der Waals surface area contributed by atoms with Gasteiger partial charge >= 0.3 is 0 Å². The summed E-state index contributed by atoms with van der Waals surface area (Å²) in [5.74, 6) is 1.72. The molecule has 0 saturated heterocycles. The Labute approximate surface area is 83.1 Å². The molecule has 0 amide bonds. The van der Waals surface area contributed by atoms with Crippen molar-refractivity contribution in [2.75, 3.05) is 0 Å². The van der Waals surface area contributed by atoms with Crippen molar-refractivity contribution in [2.24, 2.45) is 17.6 Å². The second-order valence-corrected chi connectivity index (χ2v) is 4.63. The van der Waals surface area contributed by atoms with E-state index in [1.54, 1.807) is 0 Å². The summed E-state index contributed by atoms with van der Waals surface area (Å²) in [5, 5.41) is 0. The number of hydrogen-bond acceptors (Lipinski definition) is 1. The Hall–Kier alpha value is -0.0400. The first-order valence-corrected chi connectivity index (χ1v) is 6.03. The van der Waals surface area contributed by atoms with Crippen molar-refractivity contribution in [3.63, 3.8) is 0 Å². The van der Waals surface area contributed by atoms with Gasteiger partial charge in [-0.3, -0.25) is 0 Å². The Morgan fingerprint density at radius 3 is 2.15 bits per heavy atom. The third-order valence-electron chi connectivity index (χ3n) is 3.73. The summed E-state index contributed by atoms with van der Waals surface area (Å²) in [7, 11) is 0. The molecule has 1 atom stereocenters. The van der Waals surface area contributed by atoms with Gasteiger partial charge in [-0.2, -0.15) is 0 Å². The molecule has 0 spiro atoms. The minimum absolute atomic E-state index is 0.470. The van der Waals surface area contributed by atoms with Crippen LogP contribution in [0.2, 0.25) is 0 Å². The van der Waals surface area contributed by atoms with E-state index in [4.69, 9.17) is 5.73 Å². The van der Waals surface area contributed by atoms with Crippen LogP contribution in [0.1, 0.15) is 58.8 Å². The van der Waals surface area contributed by atoms with Crippen LogP contribution in [0, 0.1) is 11.8 Å². The summed E-state index contributed by atoms with van der Waals surface area (Å²) < 4.78 is 0. The summed E-state index contributed by atoms with van der Waals surface area (Å²) in [4.78, 5) is 0. The maximum Gasteiger partial charge on any atom is 0.00695 e. The molecule has 0 aliphatic heterocycles. The van der Waals surface area contributed by atoms with Gasteiger partial charge in [0, 0.05) is 6.04 Å². The van der Waals surface area contributed by atoms with Crippen LogP contribution in [0.15, 0.2) is 0 Å². The third-order valence-corrected chi connectivity index (χ3v) is 3.73. The van der Waals surface area contributed by atoms with Crippen molar-refractivity contribution >= 4 is 0 Å². The molecule has 1 aliphatic carbocycles. The molecule has 1 fully saturated rings. The lowest BCUT2D eigenvalue weighted by Gasteiger charge is -2.23. The van der Waals surface area contributed by atoms with Gasteiger partial charge in [-0.15, -0.1) is 0 Å². The highest BCUT2D eigenvalue weighted by atomic mass is 14.6. The molecule has 0 heterocycles. The van der Waals surface area contributed by atoms with Crippen LogP contribution in [0.25, 0.3) is 0 Å². The van der Waals surface area contributed by atoms with Crippen molar-refractivity contribution in [3.8, 4) is 0 Å². The van der Waals surface area contributed by atoms with Crippen molar-refractivity contribution in [2.45, 2.75) is 64.8 Å². The van der Waals surface area contributed by atoms with Gasteiger partial charge in [0.1, 0.15) is 0 Å². The number of hydrogen-bond donors (Lipinski definition) is 1. The molecule has 2 N–H and O–H groups in total. The maximum absolute atomic E-state index is 6.22. The van der Waals surface area contributed by atoms with Crippen molar-refractivity contribution in [1.29, 1.82) is 0 Å². The lowest BCUT2D eigenvalue weighted by Crippen LogP contribution is -2.31. The molecule has 1 heteroatoms. The lowest BCUT2D eigenvalue weighted by molar-refractivity contribution is 0.327. The number of rotatable bonds is 5. The van der Waals surface area contributed by atoms with Crippen LogP contribution in [0.3, 0.4) is 0 Å².